The Morgan fingerprint density at radius 2 is 2.08 bits per heavy atom. The maximum atomic E-state index is 5.66. The second-order valence-corrected chi connectivity index (χ2v) is 2.17. The van der Waals surface area contributed by atoms with Gasteiger partial charge in [0, 0.05) is 19.5 Å². The molecule has 0 aliphatic rings. The lowest BCUT2D eigenvalue weighted by Crippen LogP contribution is -2.18. The molecule has 12 heavy (non-hydrogen) atoms. The van der Waals surface area contributed by atoms with Gasteiger partial charge in [0.2, 0.25) is 0 Å². The van der Waals surface area contributed by atoms with Crippen LogP contribution in [0.1, 0.15) is 11.9 Å². The van der Waals surface area contributed by atoms with Crippen LogP contribution >= 0.6 is 12.4 Å². The number of hydrogen-bond acceptors (Lipinski definition) is 4. The molecule has 5 heteroatoms. The van der Waals surface area contributed by atoms with Crippen LogP contribution in [-0.4, -0.2) is 23.7 Å². The summed E-state index contributed by atoms with van der Waals surface area (Å²) in [6, 6.07) is 1.53. The first kappa shape index (κ1) is 11.3. The van der Waals surface area contributed by atoms with Gasteiger partial charge in [-0.25, -0.2) is 9.97 Å². The zero-order chi connectivity index (χ0) is 8.10. The Hall–Kier alpha value is -0.710. The predicted molar refractivity (Wildman–Crippen MR) is 48.1 cm³/mol. The Balaban J connectivity index is 0.00000121. The van der Waals surface area contributed by atoms with Gasteiger partial charge in [0.25, 0.3) is 0 Å². The molecule has 1 rings (SSSR count). The Kier molecular flexibility index (Phi) is 5.53. The van der Waals surface area contributed by atoms with Crippen LogP contribution in [0.5, 0.6) is 0 Å². The molecule has 0 unspecified atom stereocenters. The third-order valence-corrected chi connectivity index (χ3v) is 1.26. The number of rotatable bonds is 3. The number of nitrogens with zero attached hydrogens (tertiary/aromatic N) is 2. The maximum absolute atomic E-state index is 5.66. The van der Waals surface area contributed by atoms with Crippen molar-refractivity contribution in [3.05, 3.63) is 24.3 Å². The van der Waals surface area contributed by atoms with Gasteiger partial charge in [-0.05, 0) is 6.07 Å². The van der Waals surface area contributed by atoms with Crippen molar-refractivity contribution >= 4 is 12.4 Å². The predicted octanol–water partition coefficient (Wildman–Crippen LogP) is 0.545. The van der Waals surface area contributed by atoms with E-state index in [1.807, 2.05) is 0 Å². The number of hydrogen-bond donors (Lipinski definition) is 1. The van der Waals surface area contributed by atoms with Crippen molar-refractivity contribution in [1.82, 2.24) is 9.97 Å². The molecule has 0 aliphatic carbocycles. The summed E-state index contributed by atoms with van der Waals surface area (Å²) in [5.74, 6) is 0.620. The zero-order valence-electron chi connectivity index (χ0n) is 6.80. The van der Waals surface area contributed by atoms with Crippen LogP contribution in [0, 0.1) is 0 Å². The van der Waals surface area contributed by atoms with Crippen LogP contribution in [0.2, 0.25) is 0 Å². The number of ether oxygens (including phenoxy) is 1. The van der Waals surface area contributed by atoms with E-state index in [0.717, 1.165) is 0 Å². The first-order valence-electron chi connectivity index (χ1n) is 3.36. The third kappa shape index (κ3) is 3.13. The summed E-state index contributed by atoms with van der Waals surface area (Å²) in [4.78, 5) is 7.96. The number of methoxy groups -OCH3 is 1. The molecular formula is C7H12ClN3O. The molecule has 0 radical (unpaired) electrons. The molecule has 0 aliphatic heterocycles. The first-order chi connectivity index (χ1) is 5.34. The average Bonchev–Trinajstić information content (AvgIpc) is 2.07. The minimum atomic E-state index is -0.221. The highest BCUT2D eigenvalue weighted by Crippen LogP contribution is 2.00. The standard InChI is InChI=1S/C7H11N3O.ClH/c1-11-5-6(8)7-9-3-2-4-10-7;/h2-4,6H,5,8H2,1H3;1H/t6-;/m0./s1. The van der Waals surface area contributed by atoms with Crippen LogP contribution in [0.3, 0.4) is 0 Å². The normalized spacial score (nSPS) is 11.8. The molecule has 68 valence electrons. The molecule has 0 fully saturated rings. The Labute approximate surface area is 77.6 Å². The van der Waals surface area contributed by atoms with Crippen LogP contribution < -0.4 is 5.73 Å². The van der Waals surface area contributed by atoms with Gasteiger partial charge in [0.05, 0.1) is 12.6 Å². The highest BCUT2D eigenvalue weighted by atomic mass is 35.5. The Morgan fingerprint density at radius 3 is 2.58 bits per heavy atom. The second-order valence-electron chi connectivity index (χ2n) is 2.17. The van der Waals surface area contributed by atoms with Gasteiger partial charge in [0.15, 0.2) is 0 Å². The SMILES string of the molecule is COC[C@H](N)c1ncccn1.Cl. The molecule has 0 aromatic carbocycles. The van der Waals surface area contributed by atoms with Gasteiger partial charge in [-0.1, -0.05) is 0 Å². The van der Waals surface area contributed by atoms with Crippen molar-refractivity contribution in [2.45, 2.75) is 6.04 Å². The lowest BCUT2D eigenvalue weighted by Gasteiger charge is -2.06. The fourth-order valence-corrected chi connectivity index (χ4v) is 0.756. The molecule has 2 N–H and O–H groups in total. The van der Waals surface area contributed by atoms with E-state index in [4.69, 9.17) is 10.5 Å². The smallest absolute Gasteiger partial charge is 0.147 e. The molecule has 1 atom stereocenters. The van der Waals surface area contributed by atoms with Crippen molar-refractivity contribution < 1.29 is 4.74 Å². The minimum Gasteiger partial charge on any atom is -0.383 e. The summed E-state index contributed by atoms with van der Waals surface area (Å²) in [5.41, 5.74) is 5.66. The van der Waals surface area contributed by atoms with E-state index in [9.17, 15) is 0 Å². The van der Waals surface area contributed by atoms with Gasteiger partial charge in [-0.2, -0.15) is 0 Å². The highest BCUT2D eigenvalue weighted by Gasteiger charge is 2.06. The topological polar surface area (TPSA) is 61.0 Å². The van der Waals surface area contributed by atoms with E-state index in [0.29, 0.717) is 12.4 Å². The van der Waals surface area contributed by atoms with Gasteiger partial charge in [-0.3, -0.25) is 0 Å². The Morgan fingerprint density at radius 1 is 1.50 bits per heavy atom. The van der Waals surface area contributed by atoms with Gasteiger partial charge in [0.1, 0.15) is 5.82 Å². The van der Waals surface area contributed by atoms with E-state index in [1.165, 1.54) is 0 Å². The summed E-state index contributed by atoms with van der Waals surface area (Å²) in [5, 5.41) is 0. The van der Waals surface area contributed by atoms with E-state index >= 15 is 0 Å². The summed E-state index contributed by atoms with van der Waals surface area (Å²) >= 11 is 0. The fourth-order valence-electron chi connectivity index (χ4n) is 0.756. The largest absolute Gasteiger partial charge is 0.383 e. The van der Waals surface area contributed by atoms with E-state index in [-0.39, 0.29) is 18.4 Å². The third-order valence-electron chi connectivity index (χ3n) is 1.26. The molecule has 1 heterocycles. The molecule has 4 nitrogen and oxygen atoms in total. The molecule has 0 bridgehead atoms. The van der Waals surface area contributed by atoms with Gasteiger partial charge >= 0.3 is 0 Å². The van der Waals surface area contributed by atoms with Crippen molar-refractivity contribution in [2.75, 3.05) is 13.7 Å². The van der Waals surface area contributed by atoms with E-state index in [2.05, 4.69) is 9.97 Å². The quantitative estimate of drug-likeness (QED) is 0.754. The number of halogens is 1. The van der Waals surface area contributed by atoms with Gasteiger partial charge < -0.3 is 10.5 Å². The Bertz CT molecular complexity index is 207. The van der Waals surface area contributed by atoms with Crippen LogP contribution in [0.15, 0.2) is 18.5 Å². The fraction of sp³-hybridized carbons (Fsp3) is 0.429. The molecule has 1 aromatic rings. The van der Waals surface area contributed by atoms with Crippen LogP contribution in [-0.2, 0) is 4.74 Å². The molecular weight excluding hydrogens is 178 g/mol. The maximum Gasteiger partial charge on any atom is 0.147 e. The van der Waals surface area contributed by atoms with Crippen LogP contribution in [0.25, 0.3) is 0 Å². The summed E-state index contributed by atoms with van der Waals surface area (Å²) in [6.07, 6.45) is 3.33. The average molecular weight is 190 g/mol. The molecule has 0 amide bonds. The first-order valence-corrected chi connectivity index (χ1v) is 3.36. The van der Waals surface area contributed by atoms with Crippen molar-refractivity contribution in [3.8, 4) is 0 Å². The molecule has 0 saturated carbocycles. The lowest BCUT2D eigenvalue weighted by molar-refractivity contribution is 0.178. The highest BCUT2D eigenvalue weighted by molar-refractivity contribution is 5.85. The minimum absolute atomic E-state index is 0. The van der Waals surface area contributed by atoms with Crippen LogP contribution in [0.4, 0.5) is 0 Å². The molecule has 0 spiro atoms. The van der Waals surface area contributed by atoms with Crippen molar-refractivity contribution in [2.24, 2.45) is 5.73 Å². The van der Waals surface area contributed by atoms with E-state index < -0.39 is 0 Å². The molecule has 0 saturated heterocycles. The summed E-state index contributed by atoms with van der Waals surface area (Å²) in [6.45, 7) is 0.448. The number of aromatic nitrogens is 2. The van der Waals surface area contributed by atoms with Crippen molar-refractivity contribution in [1.29, 1.82) is 0 Å². The van der Waals surface area contributed by atoms with E-state index in [1.54, 1.807) is 25.6 Å². The monoisotopic (exact) mass is 189 g/mol. The lowest BCUT2D eigenvalue weighted by atomic mass is 10.3. The zero-order valence-corrected chi connectivity index (χ0v) is 7.62. The van der Waals surface area contributed by atoms with Gasteiger partial charge in [-0.15, -0.1) is 12.4 Å². The summed E-state index contributed by atoms with van der Waals surface area (Å²) in [7, 11) is 1.60. The summed E-state index contributed by atoms with van der Waals surface area (Å²) < 4.78 is 4.85. The molecule has 1 aromatic heterocycles. The number of nitrogens with two attached hydrogens (primary N) is 1. The second kappa shape index (κ2) is 5.88. The van der Waals surface area contributed by atoms with Crippen molar-refractivity contribution in [3.63, 3.8) is 0 Å².